The summed E-state index contributed by atoms with van der Waals surface area (Å²) in [6.45, 7) is 9.20. The maximum atomic E-state index is 5.24. The van der Waals surface area contributed by atoms with E-state index in [0.717, 1.165) is 57.2 Å². The van der Waals surface area contributed by atoms with E-state index in [1.807, 2.05) is 30.3 Å². The zero-order chi connectivity index (χ0) is 34.0. The van der Waals surface area contributed by atoms with Crippen LogP contribution < -0.4 is 9.80 Å². The van der Waals surface area contributed by atoms with Crippen LogP contribution in [0.1, 0.15) is 49.9 Å². The fraction of sp³-hybridized carbons (Fsp3) is 0.133. The summed E-state index contributed by atoms with van der Waals surface area (Å²) in [5.74, 6) is 1.71. The van der Waals surface area contributed by atoms with Gasteiger partial charge in [0.15, 0.2) is 0 Å². The summed E-state index contributed by atoms with van der Waals surface area (Å²) in [5, 5.41) is 0. The highest BCUT2D eigenvalue weighted by molar-refractivity contribution is 5.86. The van der Waals surface area contributed by atoms with E-state index in [4.69, 9.17) is 15.0 Å². The maximum Gasteiger partial charge on any atom is 0.138 e. The highest BCUT2D eigenvalue weighted by Gasteiger charge is 2.38. The first-order valence-electron chi connectivity index (χ1n) is 17.2. The number of fused-ring (bicyclic) bond motifs is 4. The first kappa shape index (κ1) is 30.0. The molecule has 0 amide bonds. The number of hydrogen-bond donors (Lipinski definition) is 0. The molecular formula is C45H37N5. The van der Waals surface area contributed by atoms with Crippen LogP contribution >= 0.6 is 0 Å². The zero-order valence-electron chi connectivity index (χ0n) is 28.7. The molecule has 0 N–H and O–H groups in total. The molecule has 0 radical (unpaired) electrons. The number of nitrogens with zero attached hydrogens (tertiary/aromatic N) is 5. The van der Waals surface area contributed by atoms with Crippen molar-refractivity contribution in [1.29, 1.82) is 0 Å². The molecule has 0 bridgehead atoms. The van der Waals surface area contributed by atoms with E-state index in [-0.39, 0.29) is 10.8 Å². The van der Waals surface area contributed by atoms with E-state index in [1.54, 1.807) is 0 Å². The van der Waals surface area contributed by atoms with Crippen molar-refractivity contribution in [1.82, 2.24) is 15.0 Å². The van der Waals surface area contributed by atoms with Crippen molar-refractivity contribution < 1.29 is 0 Å². The zero-order valence-corrected chi connectivity index (χ0v) is 28.7. The number of pyridine rings is 3. The van der Waals surface area contributed by atoms with Gasteiger partial charge in [-0.05, 0) is 82.9 Å². The van der Waals surface area contributed by atoms with Crippen molar-refractivity contribution in [2.75, 3.05) is 9.80 Å². The summed E-state index contributed by atoms with van der Waals surface area (Å²) in [6, 6.07) is 53.1. The number of benzene rings is 4. The van der Waals surface area contributed by atoms with Crippen molar-refractivity contribution in [2.45, 2.75) is 38.5 Å². The van der Waals surface area contributed by atoms with E-state index < -0.39 is 0 Å². The first-order chi connectivity index (χ1) is 24.3. The van der Waals surface area contributed by atoms with Gasteiger partial charge in [-0.2, -0.15) is 0 Å². The summed E-state index contributed by atoms with van der Waals surface area (Å²) in [5.41, 5.74) is 12.6. The predicted octanol–water partition coefficient (Wildman–Crippen LogP) is 11.4. The largest absolute Gasteiger partial charge is 0.294 e. The Morgan fingerprint density at radius 1 is 0.320 bits per heavy atom. The van der Waals surface area contributed by atoms with Gasteiger partial charge in [0.05, 0.1) is 45.5 Å². The Bertz CT molecular complexity index is 2160. The number of aromatic nitrogens is 3. The molecule has 0 aliphatic carbocycles. The van der Waals surface area contributed by atoms with E-state index in [1.165, 1.54) is 22.3 Å². The average Bonchev–Trinajstić information content (AvgIpc) is 3.16. The lowest BCUT2D eigenvalue weighted by atomic mass is 9.73. The standard InChI is InChI=1S/C45H37N5/c1-44(2)30-16-5-9-24-38(30)49(39-25-10-6-17-31(39)44)42-28-14-22-36(47-42)34-20-13-21-35(46-34)37-23-15-29-43(48-37)50-40-26-11-7-18-32(40)45(3,4)33-19-8-12-27-41(33)50/h5-29H,1-4H3. The second kappa shape index (κ2) is 11.2. The minimum absolute atomic E-state index is 0.132. The van der Waals surface area contributed by atoms with Crippen LogP contribution in [0.5, 0.6) is 0 Å². The van der Waals surface area contributed by atoms with Gasteiger partial charge in [0, 0.05) is 10.8 Å². The molecule has 5 heterocycles. The molecule has 2 aliphatic heterocycles. The summed E-state index contributed by atoms with van der Waals surface area (Å²) in [4.78, 5) is 20.2. The van der Waals surface area contributed by atoms with Crippen LogP contribution in [-0.4, -0.2) is 15.0 Å². The fourth-order valence-corrected chi connectivity index (χ4v) is 7.93. The SMILES string of the molecule is CC1(C)c2ccccc2N(c2cccc(-c3cccc(-c4cccc(N5c6ccccc6C(C)(C)c6ccccc65)n4)n3)n2)c2ccccc21. The third-order valence-corrected chi connectivity index (χ3v) is 10.5. The molecule has 9 rings (SSSR count). The summed E-state index contributed by atoms with van der Waals surface area (Å²) in [6.07, 6.45) is 0. The molecule has 0 fully saturated rings. The van der Waals surface area contributed by atoms with Crippen LogP contribution in [0, 0.1) is 0 Å². The minimum atomic E-state index is -0.132. The lowest BCUT2D eigenvalue weighted by Crippen LogP contribution is -2.30. The van der Waals surface area contributed by atoms with Gasteiger partial charge in [-0.3, -0.25) is 9.80 Å². The smallest absolute Gasteiger partial charge is 0.138 e. The first-order valence-corrected chi connectivity index (χ1v) is 17.2. The maximum absolute atomic E-state index is 5.24. The summed E-state index contributed by atoms with van der Waals surface area (Å²) < 4.78 is 0. The molecule has 0 atom stereocenters. The molecule has 2 aliphatic rings. The van der Waals surface area contributed by atoms with Gasteiger partial charge in [-0.15, -0.1) is 0 Å². The van der Waals surface area contributed by atoms with Crippen LogP contribution in [0.3, 0.4) is 0 Å². The lowest BCUT2D eigenvalue weighted by molar-refractivity contribution is 0.631. The predicted molar refractivity (Wildman–Crippen MR) is 204 cm³/mol. The molecule has 4 aromatic carbocycles. The summed E-state index contributed by atoms with van der Waals surface area (Å²) >= 11 is 0. The van der Waals surface area contributed by atoms with Crippen molar-refractivity contribution in [3.63, 3.8) is 0 Å². The van der Waals surface area contributed by atoms with Crippen LogP contribution in [0.25, 0.3) is 22.8 Å². The van der Waals surface area contributed by atoms with Gasteiger partial charge in [-0.1, -0.05) is 119 Å². The monoisotopic (exact) mass is 647 g/mol. The van der Waals surface area contributed by atoms with E-state index in [0.29, 0.717) is 0 Å². The number of anilines is 6. The molecule has 5 heteroatoms. The van der Waals surface area contributed by atoms with E-state index in [2.05, 4.69) is 159 Å². The van der Waals surface area contributed by atoms with Crippen LogP contribution in [0.4, 0.5) is 34.4 Å². The Balaban J connectivity index is 1.11. The van der Waals surface area contributed by atoms with E-state index >= 15 is 0 Å². The number of rotatable bonds is 4. The lowest BCUT2D eigenvalue weighted by Gasteiger charge is -2.41. The minimum Gasteiger partial charge on any atom is -0.294 e. The van der Waals surface area contributed by atoms with Gasteiger partial charge in [0.1, 0.15) is 11.6 Å². The third kappa shape index (κ3) is 4.57. The van der Waals surface area contributed by atoms with Crippen LogP contribution in [0.2, 0.25) is 0 Å². The normalized spacial score (nSPS) is 15.0. The molecule has 50 heavy (non-hydrogen) atoms. The molecule has 5 nitrogen and oxygen atoms in total. The second-order valence-corrected chi connectivity index (χ2v) is 14.2. The Kier molecular flexibility index (Phi) is 6.75. The molecule has 0 unspecified atom stereocenters. The molecule has 0 saturated heterocycles. The van der Waals surface area contributed by atoms with Gasteiger partial charge in [-0.25, -0.2) is 15.0 Å². The highest BCUT2D eigenvalue weighted by atomic mass is 15.2. The Labute approximate surface area is 293 Å². The molecule has 3 aromatic heterocycles. The summed E-state index contributed by atoms with van der Waals surface area (Å²) in [7, 11) is 0. The van der Waals surface area contributed by atoms with Crippen molar-refractivity contribution >= 4 is 34.4 Å². The number of para-hydroxylation sites is 4. The third-order valence-electron chi connectivity index (χ3n) is 10.5. The highest BCUT2D eigenvalue weighted by Crippen LogP contribution is 2.52. The number of hydrogen-bond acceptors (Lipinski definition) is 5. The second-order valence-electron chi connectivity index (χ2n) is 14.2. The van der Waals surface area contributed by atoms with Crippen molar-refractivity contribution in [3.05, 3.63) is 174 Å². The molecule has 7 aromatic rings. The van der Waals surface area contributed by atoms with Crippen molar-refractivity contribution in [3.8, 4) is 22.8 Å². The Morgan fingerprint density at radius 3 is 0.940 bits per heavy atom. The fourth-order valence-electron chi connectivity index (χ4n) is 7.93. The molecular weight excluding hydrogens is 611 g/mol. The van der Waals surface area contributed by atoms with Crippen LogP contribution in [0.15, 0.2) is 152 Å². The van der Waals surface area contributed by atoms with Gasteiger partial charge in [0.25, 0.3) is 0 Å². The quantitative estimate of drug-likeness (QED) is 0.190. The van der Waals surface area contributed by atoms with Crippen molar-refractivity contribution in [2.24, 2.45) is 0 Å². The van der Waals surface area contributed by atoms with Gasteiger partial charge < -0.3 is 0 Å². The Hall–Kier alpha value is -6.07. The molecule has 0 saturated carbocycles. The molecule has 0 spiro atoms. The topological polar surface area (TPSA) is 45.2 Å². The van der Waals surface area contributed by atoms with Crippen LogP contribution in [-0.2, 0) is 10.8 Å². The molecule has 242 valence electrons. The van der Waals surface area contributed by atoms with Gasteiger partial charge >= 0.3 is 0 Å². The van der Waals surface area contributed by atoms with E-state index in [9.17, 15) is 0 Å². The Morgan fingerprint density at radius 2 is 0.600 bits per heavy atom. The average molecular weight is 648 g/mol. The van der Waals surface area contributed by atoms with Gasteiger partial charge in [0.2, 0.25) is 0 Å².